The second kappa shape index (κ2) is 1.65. The molecule has 2 amide bonds. The van der Waals surface area contributed by atoms with E-state index in [4.69, 9.17) is 2.74 Å². The molecule has 0 aromatic carbocycles. The molecule has 0 bridgehead atoms. The summed E-state index contributed by atoms with van der Waals surface area (Å²) in [5.41, 5.74) is 0. The van der Waals surface area contributed by atoms with E-state index in [9.17, 15) is 9.59 Å². The van der Waals surface area contributed by atoms with Crippen molar-refractivity contribution in [1.29, 1.82) is 0 Å². The summed E-state index contributed by atoms with van der Waals surface area (Å²) in [6.07, 6.45) is 0. The molecule has 0 aromatic rings. The van der Waals surface area contributed by atoms with E-state index in [2.05, 4.69) is 10.2 Å². The Kier molecular flexibility index (Phi) is 0.590. The third-order valence-electron chi connectivity index (χ3n) is 0.508. The Morgan fingerprint density at radius 1 is 1.25 bits per heavy atom. The van der Waals surface area contributed by atoms with Crippen LogP contribution in [0.4, 0.5) is 0 Å². The van der Waals surface area contributed by atoms with Crippen LogP contribution in [0.3, 0.4) is 0 Å². The summed E-state index contributed by atoms with van der Waals surface area (Å²) in [5, 5.41) is 5.63. The van der Waals surface area contributed by atoms with E-state index in [0.717, 1.165) is 0 Å². The van der Waals surface area contributed by atoms with Crippen molar-refractivity contribution in [2.75, 3.05) is 0 Å². The van der Waals surface area contributed by atoms with E-state index >= 15 is 0 Å². The Morgan fingerprint density at radius 2 is 1.62 bits per heavy atom. The molecule has 0 N–H and O–H groups in total. The molecule has 0 spiro atoms. The molecule has 1 aliphatic heterocycles. The molecule has 0 atom stereocenters. The number of hydrogen-bond acceptors (Lipinski definition) is 2. The van der Waals surface area contributed by atoms with Crippen LogP contribution in [0, 0.1) is 0 Å². The number of nitrogens with zero attached hydrogens (tertiary/aromatic N) is 2. The molecule has 0 aromatic heterocycles. The van der Waals surface area contributed by atoms with Gasteiger partial charge in [0.15, 0.2) is 0 Å². The summed E-state index contributed by atoms with van der Waals surface area (Å²) in [7, 11) is 0. The van der Waals surface area contributed by atoms with Crippen molar-refractivity contribution in [3.05, 3.63) is 12.1 Å². The molecule has 40 valence electrons. The van der Waals surface area contributed by atoms with Gasteiger partial charge in [-0.2, -0.15) is 0 Å². The standard InChI is InChI=1S/C4H2N2O2/c7-3-1-2-4(8)6-5-3/h1-2H/i1D,2D. The van der Waals surface area contributed by atoms with Gasteiger partial charge in [0.2, 0.25) is 0 Å². The van der Waals surface area contributed by atoms with Crippen LogP contribution in [0.15, 0.2) is 22.3 Å². The van der Waals surface area contributed by atoms with Gasteiger partial charge in [-0.05, 0) is 0 Å². The van der Waals surface area contributed by atoms with Crippen LogP contribution in [0.2, 0.25) is 0 Å². The maximum Gasteiger partial charge on any atom is 0.288 e. The SMILES string of the molecule is [2H]C1=C([2H])C(=O)N=NC1=O. The zero-order valence-electron chi connectivity index (χ0n) is 5.71. The van der Waals surface area contributed by atoms with Crippen LogP contribution in [0.25, 0.3) is 0 Å². The van der Waals surface area contributed by atoms with Gasteiger partial charge in [-0.25, -0.2) is 0 Å². The average molecular weight is 112 g/mol. The molecule has 0 radical (unpaired) electrons. The minimum atomic E-state index is -0.940. The highest BCUT2D eigenvalue weighted by molar-refractivity contribution is 6.00. The monoisotopic (exact) mass is 112 g/mol. The van der Waals surface area contributed by atoms with E-state index < -0.39 is 23.9 Å². The molecule has 0 unspecified atom stereocenters. The molecule has 0 saturated heterocycles. The predicted molar refractivity (Wildman–Crippen MR) is 24.0 cm³/mol. The van der Waals surface area contributed by atoms with E-state index in [-0.39, 0.29) is 0 Å². The summed E-state index contributed by atoms with van der Waals surface area (Å²) in [5.74, 6) is -1.88. The lowest BCUT2D eigenvalue weighted by atomic mass is 10.4. The molecular weight excluding hydrogens is 108 g/mol. The fourth-order valence-corrected chi connectivity index (χ4v) is 0.248. The topological polar surface area (TPSA) is 58.9 Å². The molecule has 0 aliphatic carbocycles. The first kappa shape index (κ1) is 2.86. The van der Waals surface area contributed by atoms with Crippen LogP contribution in [-0.2, 0) is 9.59 Å². The number of hydrogen-bond donors (Lipinski definition) is 0. The molecule has 1 heterocycles. The smallest absolute Gasteiger partial charge is 0.266 e. The number of carbonyl (C=O) groups excluding carboxylic acids is 2. The Labute approximate surface area is 47.7 Å². The molecule has 0 saturated carbocycles. The van der Waals surface area contributed by atoms with E-state index in [1.807, 2.05) is 0 Å². The number of carbonyl (C=O) groups is 2. The molecule has 0 fully saturated rings. The average Bonchev–Trinajstić information content (AvgIpc) is 1.93. The first-order valence-corrected chi connectivity index (χ1v) is 1.81. The van der Waals surface area contributed by atoms with Gasteiger partial charge in [0.1, 0.15) is 0 Å². The number of rotatable bonds is 0. The molecule has 8 heavy (non-hydrogen) atoms. The summed E-state index contributed by atoms with van der Waals surface area (Å²) in [6.45, 7) is 0. The summed E-state index contributed by atoms with van der Waals surface area (Å²) >= 11 is 0. The second-order valence-electron chi connectivity index (χ2n) is 1.06. The predicted octanol–water partition coefficient (Wildman–Crippen LogP) is 0.0616. The Hall–Kier alpha value is -1.32. The zero-order valence-corrected chi connectivity index (χ0v) is 3.71. The third-order valence-corrected chi connectivity index (χ3v) is 0.508. The highest BCUT2D eigenvalue weighted by Crippen LogP contribution is 1.91. The largest absolute Gasteiger partial charge is 0.288 e. The van der Waals surface area contributed by atoms with Crippen molar-refractivity contribution >= 4 is 11.8 Å². The maximum atomic E-state index is 10.4. The van der Waals surface area contributed by atoms with Crippen molar-refractivity contribution in [1.82, 2.24) is 0 Å². The maximum absolute atomic E-state index is 10.4. The van der Waals surface area contributed by atoms with E-state index in [1.54, 1.807) is 0 Å². The third kappa shape index (κ3) is 0.841. The molecule has 1 aliphatic rings. The number of amides is 2. The number of azo groups is 1. The van der Waals surface area contributed by atoms with Crippen molar-refractivity contribution in [3.63, 3.8) is 0 Å². The van der Waals surface area contributed by atoms with Crippen LogP contribution in [0.1, 0.15) is 2.74 Å². The van der Waals surface area contributed by atoms with Crippen LogP contribution in [-0.4, -0.2) is 11.8 Å². The molecular formula is C4H2N2O2. The van der Waals surface area contributed by atoms with Gasteiger partial charge in [-0.15, -0.1) is 10.2 Å². The van der Waals surface area contributed by atoms with Gasteiger partial charge in [0, 0.05) is 12.1 Å². The lowest BCUT2D eigenvalue weighted by molar-refractivity contribution is -0.119. The summed E-state index contributed by atoms with van der Waals surface area (Å²) in [4.78, 5) is 20.7. The zero-order chi connectivity index (χ0) is 7.72. The van der Waals surface area contributed by atoms with Gasteiger partial charge < -0.3 is 0 Å². The normalized spacial score (nSPS) is 23.5. The summed E-state index contributed by atoms with van der Waals surface area (Å²) < 4.78 is 13.6. The quantitative estimate of drug-likeness (QED) is 0.445. The van der Waals surface area contributed by atoms with Gasteiger partial charge in [-0.1, -0.05) is 0 Å². The first-order valence-electron chi connectivity index (χ1n) is 2.81. The lowest BCUT2D eigenvalue weighted by Crippen LogP contribution is -1.96. The van der Waals surface area contributed by atoms with Gasteiger partial charge in [-0.3, -0.25) is 9.59 Å². The molecule has 4 nitrogen and oxygen atoms in total. The minimum absolute atomic E-state index is 0.694. The van der Waals surface area contributed by atoms with Crippen molar-refractivity contribution in [2.45, 2.75) is 0 Å². The Bertz CT molecular complexity index is 242. The Morgan fingerprint density at radius 3 is 2.00 bits per heavy atom. The van der Waals surface area contributed by atoms with Crippen LogP contribution < -0.4 is 0 Å². The van der Waals surface area contributed by atoms with Crippen LogP contribution in [0.5, 0.6) is 0 Å². The molecule has 1 rings (SSSR count). The van der Waals surface area contributed by atoms with Crippen molar-refractivity contribution < 1.29 is 12.3 Å². The highest BCUT2D eigenvalue weighted by Gasteiger charge is 2.01. The van der Waals surface area contributed by atoms with E-state index in [0.29, 0.717) is 0 Å². The highest BCUT2D eigenvalue weighted by atomic mass is 16.2. The fourth-order valence-electron chi connectivity index (χ4n) is 0.248. The Balaban J connectivity index is 3.12. The first-order chi connectivity index (χ1) is 4.63. The van der Waals surface area contributed by atoms with E-state index in [1.165, 1.54) is 0 Å². The second-order valence-corrected chi connectivity index (χ2v) is 1.06. The van der Waals surface area contributed by atoms with Gasteiger partial charge >= 0.3 is 0 Å². The summed E-state index contributed by atoms with van der Waals surface area (Å²) in [6, 6.07) is -1.39. The van der Waals surface area contributed by atoms with Crippen LogP contribution >= 0.6 is 0 Å². The van der Waals surface area contributed by atoms with Gasteiger partial charge in [0.25, 0.3) is 11.8 Å². The van der Waals surface area contributed by atoms with Gasteiger partial charge in [0.05, 0.1) is 2.74 Å². The lowest BCUT2D eigenvalue weighted by Gasteiger charge is -1.85. The molecule has 4 heteroatoms. The fraction of sp³-hybridized carbons (Fsp3) is 0. The minimum Gasteiger partial charge on any atom is -0.266 e. The van der Waals surface area contributed by atoms with Crippen molar-refractivity contribution in [2.24, 2.45) is 10.2 Å². The van der Waals surface area contributed by atoms with Crippen molar-refractivity contribution in [3.8, 4) is 0 Å².